The van der Waals surface area contributed by atoms with Crippen LogP contribution in [0.1, 0.15) is 0 Å². The van der Waals surface area contributed by atoms with Crippen molar-refractivity contribution in [3.63, 3.8) is 0 Å². The Balaban J connectivity index is 1.90. The van der Waals surface area contributed by atoms with Crippen molar-refractivity contribution < 1.29 is 9.47 Å². The molecule has 1 aliphatic rings. The van der Waals surface area contributed by atoms with Gasteiger partial charge in [0.05, 0.1) is 5.52 Å². The van der Waals surface area contributed by atoms with Gasteiger partial charge in [0.1, 0.15) is 5.69 Å². The quantitative estimate of drug-likeness (QED) is 0.736. The van der Waals surface area contributed by atoms with Crippen LogP contribution in [0.2, 0.25) is 5.02 Å². The number of fused-ring (bicyclic) bond motifs is 2. The Morgan fingerprint density at radius 1 is 1.05 bits per heavy atom. The van der Waals surface area contributed by atoms with Crippen molar-refractivity contribution in [3.05, 3.63) is 41.4 Å². The van der Waals surface area contributed by atoms with Gasteiger partial charge in [-0.2, -0.15) is 5.10 Å². The molecule has 0 atom stereocenters. The zero-order valence-corrected chi connectivity index (χ0v) is 10.6. The molecule has 0 bridgehead atoms. The van der Waals surface area contributed by atoms with Crippen molar-refractivity contribution >= 4 is 22.5 Å². The first-order valence-corrected chi connectivity index (χ1v) is 6.23. The number of aromatic nitrogens is 2. The number of ether oxygens (including phenoxy) is 2. The normalized spacial score (nSPS) is 13.1. The number of hydrogen-bond donors (Lipinski definition) is 1. The fourth-order valence-electron chi connectivity index (χ4n) is 2.26. The fraction of sp³-hybridized carbons (Fsp3) is 0.0714. The summed E-state index contributed by atoms with van der Waals surface area (Å²) in [6.45, 7) is 0.274. The molecule has 5 heteroatoms. The third-order valence-electron chi connectivity index (χ3n) is 3.17. The van der Waals surface area contributed by atoms with E-state index in [1.54, 1.807) is 0 Å². The van der Waals surface area contributed by atoms with E-state index in [1.165, 1.54) is 0 Å². The first kappa shape index (κ1) is 10.7. The van der Waals surface area contributed by atoms with E-state index < -0.39 is 0 Å². The molecule has 0 fully saturated rings. The Kier molecular flexibility index (Phi) is 2.19. The third-order valence-corrected chi connectivity index (χ3v) is 3.41. The molecular formula is C14H9ClN2O2. The summed E-state index contributed by atoms with van der Waals surface area (Å²) in [5.74, 6) is 1.52. The number of H-pyrrole nitrogens is 1. The maximum atomic E-state index is 5.97. The van der Waals surface area contributed by atoms with Crippen molar-refractivity contribution in [1.82, 2.24) is 10.2 Å². The van der Waals surface area contributed by atoms with Gasteiger partial charge in [0.25, 0.3) is 0 Å². The lowest BCUT2D eigenvalue weighted by Crippen LogP contribution is -1.92. The first-order chi connectivity index (χ1) is 9.31. The summed E-state index contributed by atoms with van der Waals surface area (Å²) < 4.78 is 10.7. The van der Waals surface area contributed by atoms with E-state index in [2.05, 4.69) is 10.2 Å². The van der Waals surface area contributed by atoms with E-state index in [0.29, 0.717) is 5.02 Å². The lowest BCUT2D eigenvalue weighted by molar-refractivity contribution is 0.174. The topological polar surface area (TPSA) is 47.1 Å². The number of nitrogens with one attached hydrogen (secondary N) is 1. The second-order valence-corrected chi connectivity index (χ2v) is 4.77. The largest absolute Gasteiger partial charge is 0.454 e. The maximum absolute atomic E-state index is 5.97. The number of nitrogens with zero attached hydrogens (tertiary/aromatic N) is 1. The van der Waals surface area contributed by atoms with Crippen LogP contribution in [0.25, 0.3) is 22.2 Å². The van der Waals surface area contributed by atoms with Gasteiger partial charge in [0.15, 0.2) is 11.5 Å². The lowest BCUT2D eigenvalue weighted by atomic mass is 10.1. The zero-order chi connectivity index (χ0) is 12.8. The second kappa shape index (κ2) is 3.90. The summed E-state index contributed by atoms with van der Waals surface area (Å²) in [5, 5.41) is 9.06. The van der Waals surface area contributed by atoms with Gasteiger partial charge in [-0.05, 0) is 36.4 Å². The Labute approximate surface area is 113 Å². The number of benzene rings is 2. The number of halogens is 1. The van der Waals surface area contributed by atoms with Gasteiger partial charge in [0, 0.05) is 16.0 Å². The highest BCUT2D eigenvalue weighted by Gasteiger charge is 2.16. The van der Waals surface area contributed by atoms with E-state index in [-0.39, 0.29) is 6.79 Å². The third kappa shape index (κ3) is 1.64. The summed E-state index contributed by atoms with van der Waals surface area (Å²) in [6, 6.07) is 11.5. The molecule has 0 spiro atoms. The van der Waals surface area contributed by atoms with E-state index >= 15 is 0 Å². The molecule has 19 heavy (non-hydrogen) atoms. The molecule has 2 aromatic carbocycles. The molecule has 0 aliphatic carbocycles. The van der Waals surface area contributed by atoms with Crippen LogP contribution >= 0.6 is 11.6 Å². The highest BCUT2D eigenvalue weighted by Crippen LogP contribution is 2.37. The summed E-state index contributed by atoms with van der Waals surface area (Å²) in [7, 11) is 0. The van der Waals surface area contributed by atoms with Gasteiger partial charge in [-0.25, -0.2) is 0 Å². The number of rotatable bonds is 1. The van der Waals surface area contributed by atoms with Crippen LogP contribution in [0.4, 0.5) is 0 Å². The van der Waals surface area contributed by atoms with Gasteiger partial charge in [-0.1, -0.05) is 11.6 Å². The molecule has 1 aliphatic heterocycles. The molecule has 2 heterocycles. The van der Waals surface area contributed by atoms with Crippen LogP contribution in [0, 0.1) is 0 Å². The van der Waals surface area contributed by atoms with Crippen LogP contribution < -0.4 is 9.47 Å². The van der Waals surface area contributed by atoms with Gasteiger partial charge < -0.3 is 9.47 Å². The van der Waals surface area contributed by atoms with Gasteiger partial charge in [0.2, 0.25) is 6.79 Å². The molecule has 0 amide bonds. The highest BCUT2D eigenvalue weighted by molar-refractivity contribution is 6.31. The van der Waals surface area contributed by atoms with Gasteiger partial charge in [-0.15, -0.1) is 0 Å². The predicted octanol–water partition coefficient (Wildman–Crippen LogP) is 3.61. The van der Waals surface area contributed by atoms with Crippen LogP contribution in [-0.4, -0.2) is 17.0 Å². The molecule has 94 valence electrons. The standard InChI is InChI=1S/C14H9ClN2O2/c15-9-2-3-10-11(6-9)16-17-14(10)8-1-4-12-13(5-8)19-7-18-12/h1-6H,7H2,(H,16,17). The Hall–Kier alpha value is -2.20. The molecule has 1 N–H and O–H groups in total. The summed E-state index contributed by atoms with van der Waals surface area (Å²) in [5.41, 5.74) is 2.78. The SMILES string of the molecule is Clc1ccc2c(-c3ccc4c(c3)OCO4)n[nH]c2c1. The molecule has 0 unspecified atom stereocenters. The molecule has 0 saturated carbocycles. The average Bonchev–Trinajstić information content (AvgIpc) is 3.02. The van der Waals surface area contributed by atoms with Crippen molar-refractivity contribution in [1.29, 1.82) is 0 Å². The predicted molar refractivity (Wildman–Crippen MR) is 72.7 cm³/mol. The van der Waals surface area contributed by atoms with Crippen LogP contribution in [0.5, 0.6) is 11.5 Å². The Bertz CT molecular complexity index is 782. The molecule has 0 saturated heterocycles. The smallest absolute Gasteiger partial charge is 0.231 e. The second-order valence-electron chi connectivity index (χ2n) is 4.33. The van der Waals surface area contributed by atoms with E-state index in [0.717, 1.165) is 33.7 Å². The average molecular weight is 273 g/mol. The minimum absolute atomic E-state index is 0.274. The van der Waals surface area contributed by atoms with Gasteiger partial charge in [-0.3, -0.25) is 5.10 Å². The van der Waals surface area contributed by atoms with Crippen LogP contribution in [0.3, 0.4) is 0 Å². The first-order valence-electron chi connectivity index (χ1n) is 5.85. The molecular weight excluding hydrogens is 264 g/mol. The summed E-state index contributed by atoms with van der Waals surface area (Å²) in [6.07, 6.45) is 0. The van der Waals surface area contributed by atoms with Crippen molar-refractivity contribution in [2.24, 2.45) is 0 Å². The van der Waals surface area contributed by atoms with Crippen molar-refractivity contribution in [2.45, 2.75) is 0 Å². The van der Waals surface area contributed by atoms with E-state index in [9.17, 15) is 0 Å². The lowest BCUT2D eigenvalue weighted by Gasteiger charge is -2.00. The van der Waals surface area contributed by atoms with Crippen LogP contribution in [0.15, 0.2) is 36.4 Å². The van der Waals surface area contributed by atoms with Crippen molar-refractivity contribution in [2.75, 3.05) is 6.79 Å². The van der Waals surface area contributed by atoms with Crippen LogP contribution in [-0.2, 0) is 0 Å². The molecule has 4 rings (SSSR count). The maximum Gasteiger partial charge on any atom is 0.231 e. The Morgan fingerprint density at radius 2 is 1.95 bits per heavy atom. The highest BCUT2D eigenvalue weighted by atomic mass is 35.5. The Morgan fingerprint density at radius 3 is 2.89 bits per heavy atom. The minimum atomic E-state index is 0.274. The molecule has 1 aromatic heterocycles. The molecule has 4 nitrogen and oxygen atoms in total. The molecule has 3 aromatic rings. The van der Waals surface area contributed by atoms with E-state index in [4.69, 9.17) is 21.1 Å². The van der Waals surface area contributed by atoms with Crippen molar-refractivity contribution in [3.8, 4) is 22.8 Å². The zero-order valence-electron chi connectivity index (χ0n) is 9.81. The number of hydrogen-bond acceptors (Lipinski definition) is 3. The summed E-state index contributed by atoms with van der Waals surface area (Å²) in [4.78, 5) is 0. The number of aromatic amines is 1. The van der Waals surface area contributed by atoms with Gasteiger partial charge >= 0.3 is 0 Å². The summed E-state index contributed by atoms with van der Waals surface area (Å²) >= 11 is 5.97. The monoisotopic (exact) mass is 272 g/mol. The fourth-order valence-corrected chi connectivity index (χ4v) is 2.43. The van der Waals surface area contributed by atoms with E-state index in [1.807, 2.05) is 36.4 Å². The molecule has 0 radical (unpaired) electrons. The minimum Gasteiger partial charge on any atom is -0.454 e.